The standard InChI is InChI=1S/C14H15F6N3O2/c15-13(16,17)12(24,14(18,19)20)8-10-2-1-3-11(22-10)9-21-23-4-6-25-7-5-23/h1-3,9,24H,4-8H2/b21-9-. The Morgan fingerprint density at radius 2 is 1.72 bits per heavy atom. The monoisotopic (exact) mass is 371 g/mol. The SMILES string of the molecule is OC(Cc1cccc(/C=N\N2CCOCC2)n1)(C(F)(F)F)C(F)(F)F. The molecule has 140 valence electrons. The Morgan fingerprint density at radius 1 is 1.12 bits per heavy atom. The molecule has 2 heterocycles. The molecule has 0 bridgehead atoms. The van der Waals surface area contributed by atoms with E-state index in [0.29, 0.717) is 26.3 Å². The third-order valence-corrected chi connectivity index (χ3v) is 3.54. The van der Waals surface area contributed by atoms with Gasteiger partial charge in [0.2, 0.25) is 0 Å². The number of halogens is 6. The van der Waals surface area contributed by atoms with Crippen LogP contribution in [0.4, 0.5) is 26.3 Å². The molecule has 0 saturated carbocycles. The van der Waals surface area contributed by atoms with Crippen LogP contribution in [0.25, 0.3) is 0 Å². The van der Waals surface area contributed by atoms with Crippen molar-refractivity contribution < 1.29 is 36.2 Å². The lowest BCUT2D eigenvalue weighted by Crippen LogP contribution is -2.58. The summed E-state index contributed by atoms with van der Waals surface area (Å²) in [5.74, 6) is 0. The Balaban J connectivity index is 2.18. The molecule has 25 heavy (non-hydrogen) atoms. The average Bonchev–Trinajstić information content (AvgIpc) is 2.52. The molecule has 0 spiro atoms. The molecule has 1 N–H and O–H groups in total. The van der Waals surface area contributed by atoms with E-state index in [1.807, 2.05) is 0 Å². The van der Waals surface area contributed by atoms with Gasteiger partial charge in [-0.15, -0.1) is 0 Å². The van der Waals surface area contributed by atoms with E-state index >= 15 is 0 Å². The van der Waals surface area contributed by atoms with Gasteiger partial charge in [0.25, 0.3) is 5.60 Å². The summed E-state index contributed by atoms with van der Waals surface area (Å²) >= 11 is 0. The highest BCUT2D eigenvalue weighted by atomic mass is 19.4. The molecule has 1 fully saturated rings. The van der Waals surface area contributed by atoms with E-state index in [-0.39, 0.29) is 5.69 Å². The van der Waals surface area contributed by atoms with Crippen molar-refractivity contribution in [3.8, 4) is 0 Å². The van der Waals surface area contributed by atoms with Crippen molar-refractivity contribution in [1.82, 2.24) is 9.99 Å². The molecule has 1 aromatic heterocycles. The first-order chi connectivity index (χ1) is 11.5. The lowest BCUT2D eigenvalue weighted by Gasteiger charge is -2.32. The quantitative estimate of drug-likeness (QED) is 0.651. The topological polar surface area (TPSA) is 58.0 Å². The van der Waals surface area contributed by atoms with Crippen LogP contribution in [0.5, 0.6) is 0 Å². The Kier molecular flexibility index (Phi) is 5.57. The molecule has 1 aromatic rings. The maximum absolute atomic E-state index is 12.7. The molecule has 0 aromatic carbocycles. The van der Waals surface area contributed by atoms with Crippen molar-refractivity contribution in [1.29, 1.82) is 0 Å². The smallest absolute Gasteiger partial charge is 0.378 e. The van der Waals surface area contributed by atoms with Crippen LogP contribution in [0, 0.1) is 0 Å². The summed E-state index contributed by atoms with van der Waals surface area (Å²) in [6.45, 7) is 1.96. The molecule has 1 saturated heterocycles. The molecule has 0 atom stereocenters. The Labute approximate surface area is 138 Å². The van der Waals surface area contributed by atoms with Gasteiger partial charge in [-0.25, -0.2) is 0 Å². The minimum Gasteiger partial charge on any atom is -0.378 e. The maximum Gasteiger partial charge on any atom is 0.426 e. The van der Waals surface area contributed by atoms with Crippen LogP contribution in [-0.2, 0) is 11.2 Å². The van der Waals surface area contributed by atoms with E-state index in [1.54, 1.807) is 5.01 Å². The number of aliphatic hydroxyl groups is 1. The Hall–Kier alpha value is -1.88. The van der Waals surface area contributed by atoms with E-state index in [2.05, 4.69) is 10.1 Å². The fourth-order valence-corrected chi connectivity index (χ4v) is 2.10. The number of pyridine rings is 1. The number of nitrogens with zero attached hydrogens (tertiary/aromatic N) is 3. The number of morpholine rings is 1. The van der Waals surface area contributed by atoms with Crippen LogP contribution < -0.4 is 0 Å². The fourth-order valence-electron chi connectivity index (χ4n) is 2.10. The highest BCUT2D eigenvalue weighted by Gasteiger charge is 2.70. The summed E-state index contributed by atoms with van der Waals surface area (Å²) in [6, 6.07) is 3.61. The van der Waals surface area contributed by atoms with E-state index in [1.165, 1.54) is 18.3 Å². The lowest BCUT2D eigenvalue weighted by atomic mass is 9.95. The van der Waals surface area contributed by atoms with Gasteiger partial charge in [0, 0.05) is 12.1 Å². The van der Waals surface area contributed by atoms with Crippen molar-refractivity contribution >= 4 is 6.21 Å². The van der Waals surface area contributed by atoms with E-state index in [9.17, 15) is 31.4 Å². The van der Waals surface area contributed by atoms with Gasteiger partial charge in [-0.2, -0.15) is 31.4 Å². The second-order valence-corrected chi connectivity index (χ2v) is 5.40. The number of hydrogen-bond acceptors (Lipinski definition) is 5. The molecule has 0 radical (unpaired) electrons. The summed E-state index contributed by atoms with van der Waals surface area (Å²) < 4.78 is 81.5. The number of hydrazone groups is 1. The van der Waals surface area contributed by atoms with Crippen LogP contribution in [0.1, 0.15) is 11.4 Å². The van der Waals surface area contributed by atoms with Gasteiger partial charge in [0.1, 0.15) is 0 Å². The molecular formula is C14H15F6N3O2. The normalized spacial score (nSPS) is 17.3. The zero-order valence-corrected chi connectivity index (χ0v) is 12.8. The van der Waals surface area contributed by atoms with Crippen LogP contribution in [-0.4, -0.2) is 65.6 Å². The molecule has 1 aliphatic rings. The zero-order valence-electron chi connectivity index (χ0n) is 12.8. The molecule has 1 aliphatic heterocycles. The maximum atomic E-state index is 12.7. The van der Waals surface area contributed by atoms with Gasteiger partial charge < -0.3 is 9.84 Å². The van der Waals surface area contributed by atoms with Gasteiger partial charge in [-0.05, 0) is 12.1 Å². The van der Waals surface area contributed by atoms with Crippen LogP contribution >= 0.6 is 0 Å². The van der Waals surface area contributed by atoms with E-state index in [4.69, 9.17) is 4.74 Å². The number of aromatic nitrogens is 1. The highest BCUT2D eigenvalue weighted by molar-refractivity contribution is 5.76. The molecule has 11 heteroatoms. The summed E-state index contributed by atoms with van der Waals surface area (Å²) in [4.78, 5) is 3.70. The first-order valence-electron chi connectivity index (χ1n) is 7.21. The van der Waals surface area contributed by atoms with Gasteiger partial charge >= 0.3 is 12.4 Å². The number of hydrogen-bond donors (Lipinski definition) is 1. The summed E-state index contributed by atoms with van der Waals surface area (Å²) in [7, 11) is 0. The Bertz CT molecular complexity index is 597. The van der Waals surface area contributed by atoms with Crippen molar-refractivity contribution in [2.45, 2.75) is 24.4 Å². The fraction of sp³-hybridized carbons (Fsp3) is 0.571. The average molecular weight is 371 g/mol. The van der Waals surface area contributed by atoms with Crippen molar-refractivity contribution in [2.75, 3.05) is 26.3 Å². The molecule has 0 amide bonds. The molecule has 0 aliphatic carbocycles. The minimum atomic E-state index is -5.88. The first-order valence-corrected chi connectivity index (χ1v) is 7.21. The molecule has 0 unspecified atom stereocenters. The second kappa shape index (κ2) is 7.16. The van der Waals surface area contributed by atoms with Crippen molar-refractivity contribution in [2.24, 2.45) is 5.10 Å². The lowest BCUT2D eigenvalue weighted by molar-refractivity contribution is -0.367. The summed E-state index contributed by atoms with van der Waals surface area (Å²) in [5.41, 5.74) is -5.34. The van der Waals surface area contributed by atoms with E-state index < -0.39 is 30.1 Å². The summed E-state index contributed by atoms with van der Waals surface area (Å²) in [5, 5.41) is 14.9. The zero-order chi connectivity index (χ0) is 18.7. The van der Waals surface area contributed by atoms with Gasteiger partial charge in [0.15, 0.2) is 0 Å². The minimum absolute atomic E-state index is 0.0793. The third-order valence-electron chi connectivity index (χ3n) is 3.54. The van der Waals surface area contributed by atoms with Gasteiger partial charge in [-0.3, -0.25) is 9.99 Å². The number of rotatable bonds is 4. The number of alkyl halides is 6. The van der Waals surface area contributed by atoms with Crippen molar-refractivity contribution in [3.63, 3.8) is 0 Å². The second-order valence-electron chi connectivity index (χ2n) is 5.40. The van der Waals surface area contributed by atoms with Crippen LogP contribution in [0.3, 0.4) is 0 Å². The predicted octanol–water partition coefficient (Wildman–Crippen LogP) is 2.15. The third kappa shape index (κ3) is 4.60. The Morgan fingerprint density at radius 3 is 2.28 bits per heavy atom. The predicted molar refractivity (Wildman–Crippen MR) is 75.0 cm³/mol. The largest absolute Gasteiger partial charge is 0.426 e. The molecule has 5 nitrogen and oxygen atoms in total. The molecular weight excluding hydrogens is 356 g/mol. The highest BCUT2D eigenvalue weighted by Crippen LogP contribution is 2.44. The van der Waals surface area contributed by atoms with Crippen LogP contribution in [0.2, 0.25) is 0 Å². The summed E-state index contributed by atoms with van der Waals surface area (Å²) in [6.07, 6.45) is -12.3. The van der Waals surface area contributed by atoms with Gasteiger partial charge in [-0.1, -0.05) is 6.07 Å². The number of ether oxygens (including phenoxy) is 1. The van der Waals surface area contributed by atoms with Crippen LogP contribution in [0.15, 0.2) is 23.3 Å². The van der Waals surface area contributed by atoms with Crippen molar-refractivity contribution in [3.05, 3.63) is 29.6 Å². The first kappa shape index (κ1) is 19.4. The molecule has 2 rings (SSSR count). The van der Waals surface area contributed by atoms with E-state index in [0.717, 1.165) is 6.07 Å². The van der Waals surface area contributed by atoms with Gasteiger partial charge in [0.05, 0.1) is 38.2 Å².